The Morgan fingerprint density at radius 2 is 1.89 bits per heavy atom. The van der Waals surface area contributed by atoms with Crippen LogP contribution in [-0.4, -0.2) is 41.1 Å². The number of pyridine rings is 1. The molecule has 0 radical (unpaired) electrons. The summed E-state index contributed by atoms with van der Waals surface area (Å²) in [6.45, 7) is 4.03. The fraction of sp³-hybridized carbons (Fsp3) is 0.357. The average molecular weight is 255 g/mol. The maximum Gasteiger partial charge on any atom is 0.225 e. The van der Waals surface area contributed by atoms with Crippen LogP contribution in [0.15, 0.2) is 36.8 Å². The quantitative estimate of drug-likeness (QED) is 0.877. The van der Waals surface area contributed by atoms with Crippen LogP contribution in [0.5, 0.6) is 0 Å². The fourth-order valence-corrected chi connectivity index (χ4v) is 2.20. The summed E-state index contributed by atoms with van der Waals surface area (Å²) in [7, 11) is 0. The van der Waals surface area contributed by atoms with E-state index in [1.54, 1.807) is 6.20 Å². The normalized spacial score (nSPS) is 16.1. The van der Waals surface area contributed by atoms with Crippen molar-refractivity contribution in [2.75, 3.05) is 31.1 Å². The first-order chi connectivity index (χ1) is 9.43. The van der Waals surface area contributed by atoms with Gasteiger partial charge < -0.3 is 10.2 Å². The molecule has 1 aliphatic heterocycles. The Morgan fingerprint density at radius 1 is 1.00 bits per heavy atom. The third-order valence-corrected chi connectivity index (χ3v) is 3.22. The van der Waals surface area contributed by atoms with E-state index >= 15 is 0 Å². The van der Waals surface area contributed by atoms with Crippen molar-refractivity contribution in [3.63, 3.8) is 0 Å². The minimum Gasteiger partial charge on any atom is -0.340 e. The minimum atomic E-state index is 0.809. The van der Waals surface area contributed by atoms with Gasteiger partial charge in [0.15, 0.2) is 0 Å². The molecule has 19 heavy (non-hydrogen) atoms. The molecule has 1 saturated heterocycles. The summed E-state index contributed by atoms with van der Waals surface area (Å²) >= 11 is 0. The van der Waals surface area contributed by atoms with Crippen molar-refractivity contribution in [2.24, 2.45) is 0 Å². The van der Waals surface area contributed by atoms with Gasteiger partial charge in [-0.3, -0.25) is 4.98 Å². The molecule has 0 bridgehead atoms. The molecule has 2 aromatic heterocycles. The molecule has 2 aromatic rings. The first-order valence-electron chi connectivity index (χ1n) is 6.62. The number of rotatable bonds is 2. The van der Waals surface area contributed by atoms with E-state index in [4.69, 9.17) is 0 Å². The predicted octanol–water partition coefficient (Wildman–Crippen LogP) is 1.34. The molecule has 1 aliphatic rings. The van der Waals surface area contributed by atoms with Crippen molar-refractivity contribution >= 4 is 5.95 Å². The lowest BCUT2D eigenvalue weighted by Crippen LogP contribution is -2.29. The van der Waals surface area contributed by atoms with Crippen molar-refractivity contribution in [3.05, 3.63) is 36.8 Å². The summed E-state index contributed by atoms with van der Waals surface area (Å²) in [6, 6.07) is 5.84. The zero-order valence-corrected chi connectivity index (χ0v) is 10.8. The van der Waals surface area contributed by atoms with E-state index in [-0.39, 0.29) is 0 Å². The molecule has 1 N–H and O–H groups in total. The summed E-state index contributed by atoms with van der Waals surface area (Å²) in [6.07, 6.45) is 6.61. The molecule has 0 amide bonds. The van der Waals surface area contributed by atoms with Gasteiger partial charge in [0.05, 0.1) is 5.69 Å². The van der Waals surface area contributed by atoms with Gasteiger partial charge in [-0.1, -0.05) is 6.07 Å². The molecule has 5 heteroatoms. The van der Waals surface area contributed by atoms with E-state index in [9.17, 15) is 0 Å². The van der Waals surface area contributed by atoms with Gasteiger partial charge >= 0.3 is 0 Å². The molecule has 3 rings (SSSR count). The Bertz CT molecular complexity index is 503. The van der Waals surface area contributed by atoms with Gasteiger partial charge in [0.2, 0.25) is 5.95 Å². The largest absolute Gasteiger partial charge is 0.340 e. The number of aromatic nitrogens is 3. The van der Waals surface area contributed by atoms with E-state index in [0.717, 1.165) is 49.8 Å². The number of hydrogen-bond donors (Lipinski definition) is 1. The highest BCUT2D eigenvalue weighted by Crippen LogP contribution is 2.16. The molecule has 1 fully saturated rings. The summed E-state index contributed by atoms with van der Waals surface area (Å²) < 4.78 is 0. The highest BCUT2D eigenvalue weighted by molar-refractivity contribution is 5.57. The number of hydrogen-bond acceptors (Lipinski definition) is 5. The molecule has 0 atom stereocenters. The Balaban J connectivity index is 1.78. The summed E-state index contributed by atoms with van der Waals surface area (Å²) in [5.74, 6) is 0.809. The van der Waals surface area contributed by atoms with Crippen LogP contribution in [0.2, 0.25) is 0 Å². The van der Waals surface area contributed by atoms with E-state index in [2.05, 4.69) is 25.2 Å². The molecule has 3 heterocycles. The summed E-state index contributed by atoms with van der Waals surface area (Å²) in [4.78, 5) is 15.5. The van der Waals surface area contributed by atoms with Gasteiger partial charge in [0.25, 0.3) is 0 Å². The second kappa shape index (κ2) is 5.75. The molecule has 5 nitrogen and oxygen atoms in total. The second-order valence-corrected chi connectivity index (χ2v) is 4.58. The zero-order valence-electron chi connectivity index (χ0n) is 10.8. The van der Waals surface area contributed by atoms with E-state index in [0.29, 0.717) is 0 Å². The first kappa shape index (κ1) is 12.0. The molecule has 98 valence electrons. The van der Waals surface area contributed by atoms with E-state index in [1.807, 2.05) is 30.6 Å². The first-order valence-corrected chi connectivity index (χ1v) is 6.62. The van der Waals surface area contributed by atoms with Crippen molar-refractivity contribution in [1.82, 2.24) is 20.3 Å². The Labute approximate surface area is 112 Å². The molecular weight excluding hydrogens is 238 g/mol. The molecule has 0 saturated carbocycles. The van der Waals surface area contributed by atoms with Crippen LogP contribution in [0.25, 0.3) is 11.3 Å². The molecule has 0 aliphatic carbocycles. The highest BCUT2D eigenvalue weighted by Gasteiger charge is 2.11. The third kappa shape index (κ3) is 2.88. The van der Waals surface area contributed by atoms with Crippen LogP contribution in [-0.2, 0) is 0 Å². The lowest BCUT2D eigenvalue weighted by molar-refractivity contribution is 0.724. The number of nitrogens with zero attached hydrogens (tertiary/aromatic N) is 4. The van der Waals surface area contributed by atoms with Crippen molar-refractivity contribution in [1.29, 1.82) is 0 Å². The molecule has 0 unspecified atom stereocenters. The standard InChI is InChI=1S/C14H17N5/c1-2-6-16-13(4-1)12-10-17-14(18-11-12)19-8-3-5-15-7-9-19/h1-2,4,6,10-11,15H,3,5,7-9H2. The molecule has 0 spiro atoms. The van der Waals surface area contributed by atoms with E-state index in [1.165, 1.54) is 0 Å². The maximum absolute atomic E-state index is 4.47. The van der Waals surface area contributed by atoms with Gasteiger partial charge in [-0.15, -0.1) is 0 Å². The monoisotopic (exact) mass is 255 g/mol. The topological polar surface area (TPSA) is 53.9 Å². The highest BCUT2D eigenvalue weighted by atomic mass is 15.3. The van der Waals surface area contributed by atoms with Crippen LogP contribution < -0.4 is 10.2 Å². The van der Waals surface area contributed by atoms with Crippen LogP contribution >= 0.6 is 0 Å². The third-order valence-electron chi connectivity index (χ3n) is 3.22. The second-order valence-electron chi connectivity index (χ2n) is 4.58. The summed E-state index contributed by atoms with van der Waals surface area (Å²) in [5, 5.41) is 3.38. The molecule has 0 aromatic carbocycles. The minimum absolute atomic E-state index is 0.809. The smallest absolute Gasteiger partial charge is 0.225 e. The zero-order chi connectivity index (χ0) is 12.9. The van der Waals surface area contributed by atoms with Gasteiger partial charge in [0.1, 0.15) is 0 Å². The predicted molar refractivity (Wildman–Crippen MR) is 75.0 cm³/mol. The number of anilines is 1. The number of nitrogens with one attached hydrogen (secondary N) is 1. The fourth-order valence-electron chi connectivity index (χ4n) is 2.20. The van der Waals surface area contributed by atoms with Crippen LogP contribution in [0, 0.1) is 0 Å². The van der Waals surface area contributed by atoms with Crippen molar-refractivity contribution < 1.29 is 0 Å². The van der Waals surface area contributed by atoms with Gasteiger partial charge in [-0.2, -0.15) is 0 Å². The van der Waals surface area contributed by atoms with Gasteiger partial charge in [0, 0.05) is 43.8 Å². The van der Waals surface area contributed by atoms with E-state index < -0.39 is 0 Å². The van der Waals surface area contributed by atoms with Crippen LogP contribution in [0.1, 0.15) is 6.42 Å². The van der Waals surface area contributed by atoms with Gasteiger partial charge in [-0.05, 0) is 25.1 Å². The Kier molecular flexibility index (Phi) is 3.65. The summed E-state index contributed by atoms with van der Waals surface area (Å²) in [5.41, 5.74) is 1.86. The molecular formula is C14H17N5. The lowest BCUT2D eigenvalue weighted by Gasteiger charge is -2.19. The van der Waals surface area contributed by atoms with Crippen LogP contribution in [0.3, 0.4) is 0 Å². The van der Waals surface area contributed by atoms with Gasteiger partial charge in [-0.25, -0.2) is 9.97 Å². The SMILES string of the molecule is c1ccc(-c2cnc(N3CCCNCC3)nc2)nc1. The average Bonchev–Trinajstić information content (AvgIpc) is 2.77. The lowest BCUT2D eigenvalue weighted by atomic mass is 10.2. The Hall–Kier alpha value is -2.01. The van der Waals surface area contributed by atoms with Crippen LogP contribution in [0.4, 0.5) is 5.95 Å². The maximum atomic E-state index is 4.47. The van der Waals surface area contributed by atoms with Crippen molar-refractivity contribution in [3.8, 4) is 11.3 Å². The van der Waals surface area contributed by atoms with Crippen molar-refractivity contribution in [2.45, 2.75) is 6.42 Å². The Morgan fingerprint density at radius 3 is 2.68 bits per heavy atom.